The van der Waals surface area contributed by atoms with Gasteiger partial charge in [0.2, 0.25) is 0 Å². The van der Waals surface area contributed by atoms with E-state index in [4.69, 9.17) is 0 Å². The lowest BCUT2D eigenvalue weighted by Crippen LogP contribution is -2.44. The minimum Gasteiger partial charge on any atom is -0.368 e. The van der Waals surface area contributed by atoms with E-state index in [1.165, 1.54) is 0 Å². The Kier molecular flexibility index (Phi) is 6.08. The van der Waals surface area contributed by atoms with Gasteiger partial charge in [-0.25, -0.2) is 14.8 Å². The van der Waals surface area contributed by atoms with Gasteiger partial charge in [-0.3, -0.25) is 4.98 Å². The maximum absolute atomic E-state index is 13.1. The summed E-state index contributed by atoms with van der Waals surface area (Å²) < 4.78 is 0. The summed E-state index contributed by atoms with van der Waals surface area (Å²) in [5, 5.41) is 8.94. The molecule has 1 aliphatic heterocycles. The molecule has 8 heteroatoms. The van der Waals surface area contributed by atoms with Gasteiger partial charge in [0.15, 0.2) is 5.82 Å². The van der Waals surface area contributed by atoms with Gasteiger partial charge in [0, 0.05) is 72.5 Å². The highest BCUT2D eigenvalue weighted by atomic mass is 16.2. The third-order valence-electron chi connectivity index (χ3n) is 6.80. The Labute approximate surface area is 215 Å². The molecule has 0 aliphatic carbocycles. The van der Waals surface area contributed by atoms with E-state index < -0.39 is 0 Å². The molecule has 184 valence electrons. The molecule has 37 heavy (non-hydrogen) atoms. The van der Waals surface area contributed by atoms with Gasteiger partial charge in [0.25, 0.3) is 0 Å². The summed E-state index contributed by atoms with van der Waals surface area (Å²) in [7, 11) is 2.15. The van der Waals surface area contributed by atoms with E-state index in [1.54, 1.807) is 18.5 Å². The lowest BCUT2D eigenvalue weighted by molar-refractivity contribution is 0.262. The number of hydrogen-bond acceptors (Lipinski definition) is 6. The molecule has 0 bridgehead atoms. The normalized spacial score (nSPS) is 14.1. The third-order valence-corrected chi connectivity index (χ3v) is 6.80. The molecule has 0 atom stereocenters. The molecule has 2 N–H and O–H groups in total. The third kappa shape index (κ3) is 4.66. The molecule has 0 radical (unpaired) electrons. The highest BCUT2D eigenvalue weighted by Gasteiger charge is 2.17. The van der Waals surface area contributed by atoms with E-state index >= 15 is 0 Å². The number of benzene rings is 3. The van der Waals surface area contributed by atoms with E-state index in [-0.39, 0.29) is 6.03 Å². The van der Waals surface area contributed by atoms with Crippen LogP contribution in [0.15, 0.2) is 85.3 Å². The van der Waals surface area contributed by atoms with Crippen molar-refractivity contribution in [1.82, 2.24) is 19.9 Å². The number of rotatable bonds is 4. The molecule has 0 saturated carbocycles. The van der Waals surface area contributed by atoms with Crippen molar-refractivity contribution in [2.45, 2.75) is 0 Å². The molecule has 1 fully saturated rings. The lowest BCUT2D eigenvalue weighted by atomic mass is 10.0. The van der Waals surface area contributed by atoms with Crippen LogP contribution in [0.1, 0.15) is 0 Å². The number of hydrogen-bond donors (Lipinski definition) is 2. The van der Waals surface area contributed by atoms with E-state index in [0.29, 0.717) is 17.2 Å². The second kappa shape index (κ2) is 9.83. The summed E-state index contributed by atoms with van der Waals surface area (Å²) in [6, 6.07) is 21.1. The molecular weight excluding hydrogens is 462 g/mol. The van der Waals surface area contributed by atoms with Gasteiger partial charge in [-0.2, -0.15) is 0 Å². The van der Waals surface area contributed by atoms with E-state index in [1.807, 2.05) is 60.8 Å². The lowest BCUT2D eigenvalue weighted by Gasteiger charge is -2.34. The SMILES string of the molecule is CN1CCN(c2ccnc3ccc(NC(=O)Nc4cccc5c(-c6ncccn6)cccc45)cc23)CC1. The van der Waals surface area contributed by atoms with Crippen LogP contribution in [-0.2, 0) is 0 Å². The molecule has 2 amide bonds. The number of carbonyl (C=O) groups is 1. The summed E-state index contributed by atoms with van der Waals surface area (Å²) in [5.41, 5.74) is 4.40. The van der Waals surface area contributed by atoms with E-state index in [9.17, 15) is 4.79 Å². The van der Waals surface area contributed by atoms with Crippen molar-refractivity contribution in [3.63, 3.8) is 0 Å². The maximum atomic E-state index is 13.1. The van der Waals surface area contributed by atoms with Gasteiger partial charge in [0.1, 0.15) is 0 Å². The summed E-state index contributed by atoms with van der Waals surface area (Å²) in [6.07, 6.45) is 5.31. The van der Waals surface area contributed by atoms with Crippen LogP contribution < -0.4 is 15.5 Å². The smallest absolute Gasteiger partial charge is 0.323 e. The first-order chi connectivity index (χ1) is 18.2. The monoisotopic (exact) mass is 489 g/mol. The van der Waals surface area contributed by atoms with Gasteiger partial charge < -0.3 is 20.4 Å². The van der Waals surface area contributed by atoms with Crippen molar-refractivity contribution < 1.29 is 4.79 Å². The minimum absolute atomic E-state index is 0.307. The van der Waals surface area contributed by atoms with Gasteiger partial charge in [-0.1, -0.05) is 30.3 Å². The van der Waals surface area contributed by atoms with Crippen molar-refractivity contribution in [1.29, 1.82) is 0 Å². The first-order valence-electron chi connectivity index (χ1n) is 12.4. The molecule has 1 saturated heterocycles. The standard InChI is InChI=1S/C29H27N7O/c1-35-15-17-36(18-16-35)27-11-14-30-25-10-9-20(19-24(25)27)33-29(37)34-26-8-3-5-21-22(26)6-2-7-23(21)28-31-12-4-13-32-28/h2-14,19H,15-18H2,1H3,(H2,33,34,37). The van der Waals surface area contributed by atoms with E-state index in [2.05, 4.69) is 48.5 Å². The molecule has 1 aliphatic rings. The van der Waals surface area contributed by atoms with Crippen LogP contribution in [0.4, 0.5) is 21.9 Å². The van der Waals surface area contributed by atoms with Crippen LogP contribution in [0.25, 0.3) is 33.1 Å². The fraction of sp³-hybridized carbons (Fsp3) is 0.172. The Morgan fingerprint density at radius 3 is 2.38 bits per heavy atom. The zero-order valence-electron chi connectivity index (χ0n) is 20.6. The fourth-order valence-electron chi connectivity index (χ4n) is 4.87. The zero-order chi connectivity index (χ0) is 25.2. The van der Waals surface area contributed by atoms with Gasteiger partial charge in [-0.15, -0.1) is 0 Å². The number of urea groups is 1. The van der Waals surface area contributed by atoms with Crippen LogP contribution in [0, 0.1) is 0 Å². The Morgan fingerprint density at radius 1 is 0.757 bits per heavy atom. The fourth-order valence-corrected chi connectivity index (χ4v) is 4.87. The van der Waals surface area contributed by atoms with Crippen molar-refractivity contribution in [3.8, 4) is 11.4 Å². The highest BCUT2D eigenvalue weighted by molar-refractivity contribution is 6.09. The second-order valence-corrected chi connectivity index (χ2v) is 9.21. The quantitative estimate of drug-likeness (QED) is 0.359. The number of fused-ring (bicyclic) bond motifs is 2. The Hall–Kier alpha value is -4.56. The number of likely N-dealkylation sites (N-methyl/N-ethyl adjacent to an activating group) is 1. The first kappa shape index (κ1) is 22.9. The highest BCUT2D eigenvalue weighted by Crippen LogP contribution is 2.32. The predicted molar refractivity (Wildman–Crippen MR) is 149 cm³/mol. The van der Waals surface area contributed by atoms with Crippen molar-refractivity contribution in [2.75, 3.05) is 48.8 Å². The van der Waals surface area contributed by atoms with E-state index in [0.717, 1.165) is 59.1 Å². The number of nitrogens with one attached hydrogen (secondary N) is 2. The number of carbonyl (C=O) groups excluding carboxylic acids is 1. The molecule has 3 heterocycles. The summed E-state index contributed by atoms with van der Waals surface area (Å²) in [5.74, 6) is 0.649. The van der Waals surface area contributed by atoms with Crippen molar-refractivity contribution >= 4 is 44.8 Å². The van der Waals surface area contributed by atoms with Gasteiger partial charge in [-0.05, 0) is 48.8 Å². The van der Waals surface area contributed by atoms with Crippen LogP contribution in [-0.4, -0.2) is 59.1 Å². The zero-order valence-corrected chi connectivity index (χ0v) is 20.6. The maximum Gasteiger partial charge on any atom is 0.323 e. The first-order valence-corrected chi connectivity index (χ1v) is 12.4. The minimum atomic E-state index is -0.307. The predicted octanol–water partition coefficient (Wildman–Crippen LogP) is 5.24. The molecule has 6 rings (SSSR count). The van der Waals surface area contributed by atoms with Crippen molar-refractivity contribution in [2.24, 2.45) is 0 Å². The average molecular weight is 490 g/mol. The topological polar surface area (TPSA) is 86.3 Å². The van der Waals surface area contributed by atoms with Crippen LogP contribution in [0.2, 0.25) is 0 Å². The summed E-state index contributed by atoms with van der Waals surface area (Å²) >= 11 is 0. The molecular formula is C29H27N7O. The Balaban J connectivity index is 1.26. The number of anilines is 3. The number of nitrogens with zero attached hydrogens (tertiary/aromatic N) is 5. The van der Waals surface area contributed by atoms with Gasteiger partial charge >= 0.3 is 6.03 Å². The number of pyridine rings is 1. The molecule has 8 nitrogen and oxygen atoms in total. The summed E-state index contributed by atoms with van der Waals surface area (Å²) in [6.45, 7) is 3.97. The van der Waals surface area contributed by atoms with Crippen LogP contribution in [0.5, 0.6) is 0 Å². The Bertz CT molecular complexity index is 1580. The number of amides is 2. The van der Waals surface area contributed by atoms with Gasteiger partial charge in [0.05, 0.1) is 11.2 Å². The molecule has 5 aromatic rings. The van der Waals surface area contributed by atoms with Crippen LogP contribution >= 0.6 is 0 Å². The molecule has 3 aromatic carbocycles. The van der Waals surface area contributed by atoms with Crippen molar-refractivity contribution in [3.05, 3.63) is 85.3 Å². The Morgan fingerprint density at radius 2 is 1.54 bits per heavy atom. The largest absolute Gasteiger partial charge is 0.368 e. The number of piperazine rings is 1. The molecule has 0 unspecified atom stereocenters. The van der Waals surface area contributed by atoms with Crippen LogP contribution in [0.3, 0.4) is 0 Å². The summed E-state index contributed by atoms with van der Waals surface area (Å²) in [4.78, 5) is 31.1. The second-order valence-electron chi connectivity index (χ2n) is 9.21. The number of aromatic nitrogens is 3. The average Bonchev–Trinajstić information content (AvgIpc) is 2.93. The molecule has 0 spiro atoms. The molecule has 2 aromatic heterocycles.